The summed E-state index contributed by atoms with van der Waals surface area (Å²) in [5.41, 5.74) is 1.50. The average Bonchev–Trinajstić information content (AvgIpc) is 2.56. The molecule has 0 aliphatic rings. The van der Waals surface area contributed by atoms with E-state index >= 15 is 0 Å². The molecular formula is C18H14Cl2N4O2. The van der Waals surface area contributed by atoms with E-state index in [2.05, 4.69) is 16.0 Å². The highest BCUT2D eigenvalue weighted by molar-refractivity contribution is 6.35. The Kier molecular flexibility index (Phi) is 6.61. The number of hydrogen-bond donors (Lipinski definition) is 3. The number of benzene rings is 2. The van der Waals surface area contributed by atoms with Crippen molar-refractivity contribution in [1.82, 2.24) is 0 Å². The fourth-order valence-corrected chi connectivity index (χ4v) is 2.51. The van der Waals surface area contributed by atoms with Crippen LogP contribution in [0.15, 0.2) is 54.2 Å². The maximum absolute atomic E-state index is 12.2. The number of halogens is 2. The highest BCUT2D eigenvalue weighted by atomic mass is 35.5. The Balaban J connectivity index is 2.06. The SMILES string of the molecule is CC(=O)Nc1ccc(NC(=O)/C(C#N)=C\Nc2cc(Cl)cc(Cl)c2)cc1. The van der Waals surface area contributed by atoms with Crippen molar-refractivity contribution in [3.8, 4) is 6.07 Å². The molecule has 6 nitrogen and oxygen atoms in total. The first-order valence-corrected chi connectivity index (χ1v) is 8.15. The third kappa shape index (κ3) is 5.81. The molecular weight excluding hydrogens is 375 g/mol. The molecule has 0 aliphatic carbocycles. The van der Waals surface area contributed by atoms with Gasteiger partial charge in [-0.15, -0.1) is 0 Å². The van der Waals surface area contributed by atoms with E-state index in [1.165, 1.54) is 13.1 Å². The van der Waals surface area contributed by atoms with Crippen LogP contribution < -0.4 is 16.0 Å². The van der Waals surface area contributed by atoms with Gasteiger partial charge in [0.25, 0.3) is 5.91 Å². The van der Waals surface area contributed by atoms with Crippen molar-refractivity contribution >= 4 is 52.1 Å². The highest BCUT2D eigenvalue weighted by Crippen LogP contribution is 2.22. The van der Waals surface area contributed by atoms with Crippen molar-refractivity contribution in [2.24, 2.45) is 0 Å². The molecule has 0 bridgehead atoms. The Morgan fingerprint density at radius 3 is 2.00 bits per heavy atom. The van der Waals surface area contributed by atoms with Gasteiger partial charge in [-0.1, -0.05) is 23.2 Å². The van der Waals surface area contributed by atoms with Crippen LogP contribution in [0.2, 0.25) is 10.0 Å². The van der Waals surface area contributed by atoms with Crippen molar-refractivity contribution in [1.29, 1.82) is 5.26 Å². The number of anilines is 3. The van der Waals surface area contributed by atoms with Gasteiger partial charge in [-0.25, -0.2) is 0 Å². The zero-order valence-corrected chi connectivity index (χ0v) is 15.2. The second-order valence-corrected chi connectivity index (χ2v) is 6.06. The van der Waals surface area contributed by atoms with Crippen LogP contribution in [-0.4, -0.2) is 11.8 Å². The minimum absolute atomic E-state index is 0.132. The first kappa shape index (κ1) is 19.3. The molecule has 8 heteroatoms. The second kappa shape index (κ2) is 8.90. The molecule has 2 rings (SSSR count). The van der Waals surface area contributed by atoms with Crippen LogP contribution in [0.4, 0.5) is 17.1 Å². The number of rotatable bonds is 5. The molecule has 0 saturated carbocycles. The lowest BCUT2D eigenvalue weighted by atomic mass is 10.2. The maximum atomic E-state index is 12.2. The fraction of sp³-hybridized carbons (Fsp3) is 0.0556. The van der Waals surface area contributed by atoms with E-state index in [4.69, 9.17) is 23.2 Å². The molecule has 2 amide bonds. The lowest BCUT2D eigenvalue weighted by molar-refractivity contribution is -0.114. The molecule has 0 aliphatic heterocycles. The summed E-state index contributed by atoms with van der Waals surface area (Å²) in [6, 6.07) is 13.1. The third-order valence-corrected chi connectivity index (χ3v) is 3.51. The molecule has 2 aromatic carbocycles. The summed E-state index contributed by atoms with van der Waals surface area (Å²) < 4.78 is 0. The summed E-state index contributed by atoms with van der Waals surface area (Å²) in [6.45, 7) is 1.40. The van der Waals surface area contributed by atoms with Gasteiger partial charge in [0.1, 0.15) is 11.6 Å². The number of amides is 2. The zero-order chi connectivity index (χ0) is 19.1. The summed E-state index contributed by atoms with van der Waals surface area (Å²) in [5.74, 6) is -0.774. The minimum Gasteiger partial charge on any atom is -0.360 e. The van der Waals surface area contributed by atoms with E-state index < -0.39 is 5.91 Å². The van der Waals surface area contributed by atoms with Gasteiger partial charge < -0.3 is 16.0 Å². The van der Waals surface area contributed by atoms with E-state index in [0.29, 0.717) is 27.1 Å². The molecule has 0 radical (unpaired) electrons. The molecule has 0 aromatic heterocycles. The van der Waals surface area contributed by atoms with Crippen LogP contribution in [0, 0.1) is 11.3 Å². The topological polar surface area (TPSA) is 94.0 Å². The van der Waals surface area contributed by atoms with Gasteiger partial charge in [-0.3, -0.25) is 9.59 Å². The Morgan fingerprint density at radius 2 is 1.50 bits per heavy atom. The van der Waals surface area contributed by atoms with E-state index in [9.17, 15) is 14.9 Å². The standard InChI is InChI=1S/C18H14Cl2N4O2/c1-11(25)23-15-2-4-16(5-3-15)24-18(26)12(9-21)10-22-17-7-13(19)6-14(20)8-17/h2-8,10,22H,1H3,(H,23,25)(H,24,26)/b12-10-. The smallest absolute Gasteiger partial charge is 0.267 e. The molecule has 0 atom stereocenters. The normalized spacial score (nSPS) is 10.6. The molecule has 0 saturated heterocycles. The molecule has 3 N–H and O–H groups in total. The maximum Gasteiger partial charge on any atom is 0.267 e. The monoisotopic (exact) mass is 388 g/mol. The van der Waals surface area contributed by atoms with Crippen LogP contribution >= 0.6 is 23.2 Å². The van der Waals surface area contributed by atoms with Crippen LogP contribution in [0.1, 0.15) is 6.92 Å². The van der Waals surface area contributed by atoms with Gasteiger partial charge in [0.15, 0.2) is 0 Å². The first-order valence-electron chi connectivity index (χ1n) is 7.39. The van der Waals surface area contributed by atoms with Crippen molar-refractivity contribution < 1.29 is 9.59 Å². The lowest BCUT2D eigenvalue weighted by Crippen LogP contribution is -2.14. The van der Waals surface area contributed by atoms with Crippen molar-refractivity contribution in [2.45, 2.75) is 6.92 Å². The molecule has 0 spiro atoms. The largest absolute Gasteiger partial charge is 0.360 e. The number of nitriles is 1. The van der Waals surface area contributed by atoms with Crippen molar-refractivity contribution in [3.05, 3.63) is 64.3 Å². The summed E-state index contributed by atoms with van der Waals surface area (Å²) in [7, 11) is 0. The van der Waals surface area contributed by atoms with Crippen molar-refractivity contribution in [2.75, 3.05) is 16.0 Å². The Hall–Kier alpha value is -3.01. The highest BCUT2D eigenvalue weighted by Gasteiger charge is 2.09. The van der Waals surface area contributed by atoms with Gasteiger partial charge in [0.2, 0.25) is 5.91 Å². The predicted molar refractivity (Wildman–Crippen MR) is 103 cm³/mol. The Morgan fingerprint density at radius 1 is 0.962 bits per heavy atom. The summed E-state index contributed by atoms with van der Waals surface area (Å²) in [4.78, 5) is 23.2. The van der Waals surface area contributed by atoms with Crippen LogP contribution in [0.25, 0.3) is 0 Å². The zero-order valence-electron chi connectivity index (χ0n) is 13.6. The molecule has 0 unspecified atom stereocenters. The molecule has 0 heterocycles. The predicted octanol–water partition coefficient (Wildman–Crippen LogP) is 4.41. The first-order chi connectivity index (χ1) is 12.4. The third-order valence-electron chi connectivity index (χ3n) is 3.07. The van der Waals surface area contributed by atoms with Crippen molar-refractivity contribution in [3.63, 3.8) is 0 Å². The Labute approximate surface area is 160 Å². The van der Waals surface area contributed by atoms with Gasteiger partial charge >= 0.3 is 0 Å². The molecule has 0 fully saturated rings. The minimum atomic E-state index is -0.583. The quantitative estimate of drug-likeness (QED) is 0.522. The molecule has 26 heavy (non-hydrogen) atoms. The number of nitrogens with zero attached hydrogens (tertiary/aromatic N) is 1. The number of carbonyl (C=O) groups excluding carboxylic acids is 2. The summed E-state index contributed by atoms with van der Waals surface area (Å²) in [6.07, 6.45) is 1.27. The molecule has 2 aromatic rings. The van der Waals surface area contributed by atoms with E-state index in [1.807, 2.05) is 6.07 Å². The number of hydrogen-bond acceptors (Lipinski definition) is 4. The van der Waals surface area contributed by atoms with Crippen LogP contribution in [0.3, 0.4) is 0 Å². The van der Waals surface area contributed by atoms with E-state index in [0.717, 1.165) is 0 Å². The van der Waals surface area contributed by atoms with Crippen LogP contribution in [-0.2, 0) is 9.59 Å². The fourth-order valence-electron chi connectivity index (χ4n) is 1.98. The van der Waals surface area contributed by atoms with E-state index in [1.54, 1.807) is 42.5 Å². The van der Waals surface area contributed by atoms with Gasteiger partial charge in [0.05, 0.1) is 0 Å². The lowest BCUT2D eigenvalue weighted by Gasteiger charge is -2.07. The number of carbonyl (C=O) groups is 2. The van der Waals surface area contributed by atoms with Crippen LogP contribution in [0.5, 0.6) is 0 Å². The second-order valence-electron chi connectivity index (χ2n) is 5.18. The summed E-state index contributed by atoms with van der Waals surface area (Å²) >= 11 is 11.8. The average molecular weight is 389 g/mol. The van der Waals surface area contributed by atoms with E-state index in [-0.39, 0.29) is 11.5 Å². The van der Waals surface area contributed by atoms with Gasteiger partial charge in [0, 0.05) is 40.2 Å². The summed E-state index contributed by atoms with van der Waals surface area (Å²) in [5, 5.41) is 18.1. The van der Waals surface area contributed by atoms with Gasteiger partial charge in [-0.2, -0.15) is 5.26 Å². The Bertz CT molecular complexity index is 882. The molecule has 132 valence electrons. The van der Waals surface area contributed by atoms with Gasteiger partial charge in [-0.05, 0) is 42.5 Å². The number of nitrogens with one attached hydrogen (secondary N) is 3.